The number of hydrogen-bond acceptors (Lipinski definition) is 3. The fraction of sp³-hybridized carbons (Fsp3) is 0.300. The summed E-state index contributed by atoms with van der Waals surface area (Å²) in [6.45, 7) is 6.87. The Bertz CT molecular complexity index is 847. The first kappa shape index (κ1) is 19.8. The predicted octanol–water partition coefficient (Wildman–Crippen LogP) is 4.57. The smallest absolute Gasteiger partial charge is 0.239 e. The maximum absolute atomic E-state index is 12.8. The average Bonchev–Trinajstić information content (AvgIpc) is 2.59. The first-order valence-corrected chi connectivity index (χ1v) is 8.57. The van der Waals surface area contributed by atoms with Crippen LogP contribution in [0.4, 0.5) is 11.4 Å². The number of aryl methyl sites for hydroxylation is 2. The number of amides is 2. The Morgan fingerprint density at radius 1 is 0.962 bits per heavy atom. The number of halogens is 1. The highest BCUT2D eigenvalue weighted by atomic mass is 35.5. The molecule has 0 bridgehead atoms. The van der Waals surface area contributed by atoms with Crippen molar-refractivity contribution < 1.29 is 14.3 Å². The maximum atomic E-state index is 12.8. The van der Waals surface area contributed by atoms with Gasteiger partial charge in [-0.05, 0) is 51.0 Å². The van der Waals surface area contributed by atoms with E-state index in [0.29, 0.717) is 22.1 Å². The Labute approximate surface area is 158 Å². The zero-order chi connectivity index (χ0) is 19.5. The summed E-state index contributed by atoms with van der Waals surface area (Å²) in [7, 11) is 1.49. The van der Waals surface area contributed by atoms with Gasteiger partial charge in [-0.3, -0.25) is 9.59 Å². The van der Waals surface area contributed by atoms with Crippen molar-refractivity contribution in [2.75, 3.05) is 17.7 Å². The number of hydrogen-bond donors (Lipinski definition) is 2. The highest BCUT2D eigenvalue weighted by Crippen LogP contribution is 2.32. The molecule has 138 valence electrons. The summed E-state index contributed by atoms with van der Waals surface area (Å²) < 4.78 is 5.27. The van der Waals surface area contributed by atoms with Crippen LogP contribution >= 0.6 is 11.6 Å². The van der Waals surface area contributed by atoms with Gasteiger partial charge in [0.05, 0.1) is 12.8 Å². The molecule has 0 saturated heterocycles. The van der Waals surface area contributed by atoms with Crippen LogP contribution in [0.15, 0.2) is 36.4 Å². The van der Waals surface area contributed by atoms with E-state index in [1.807, 2.05) is 32.0 Å². The van der Waals surface area contributed by atoms with Crippen LogP contribution < -0.4 is 15.4 Å². The van der Waals surface area contributed by atoms with Gasteiger partial charge < -0.3 is 15.4 Å². The fourth-order valence-corrected chi connectivity index (χ4v) is 2.46. The standard InChI is InChI=1S/C20H23ClN2O3/c1-12-8-6-7-9-15(12)22-18(24)20(3,4)19(25)23-16-10-13(2)14(21)11-17(16)26-5/h6-11H,1-5H3,(H,22,24)(H,23,25). The first-order chi connectivity index (χ1) is 12.2. The van der Waals surface area contributed by atoms with Crippen LogP contribution in [0.5, 0.6) is 5.75 Å². The zero-order valence-corrected chi connectivity index (χ0v) is 16.3. The molecule has 0 aliphatic heterocycles. The van der Waals surface area contributed by atoms with Gasteiger partial charge >= 0.3 is 0 Å². The topological polar surface area (TPSA) is 67.4 Å². The number of benzene rings is 2. The molecule has 0 aliphatic rings. The molecule has 6 heteroatoms. The Morgan fingerprint density at radius 2 is 1.54 bits per heavy atom. The number of nitrogens with one attached hydrogen (secondary N) is 2. The van der Waals surface area contributed by atoms with Crippen molar-refractivity contribution in [3.8, 4) is 5.75 Å². The van der Waals surface area contributed by atoms with E-state index in [4.69, 9.17) is 16.3 Å². The van der Waals surface area contributed by atoms with Crippen LogP contribution in [0.1, 0.15) is 25.0 Å². The number of methoxy groups -OCH3 is 1. The van der Waals surface area contributed by atoms with Gasteiger partial charge in [0.2, 0.25) is 11.8 Å². The maximum Gasteiger partial charge on any atom is 0.239 e. The second-order valence-corrected chi connectivity index (χ2v) is 7.06. The Kier molecular flexibility index (Phi) is 5.93. The van der Waals surface area contributed by atoms with E-state index in [1.54, 1.807) is 32.0 Å². The molecule has 2 amide bonds. The molecule has 0 atom stereocenters. The summed E-state index contributed by atoms with van der Waals surface area (Å²) in [6, 6.07) is 10.8. The van der Waals surface area contributed by atoms with E-state index < -0.39 is 17.2 Å². The SMILES string of the molecule is COc1cc(Cl)c(C)cc1NC(=O)C(C)(C)C(=O)Nc1ccccc1C. The van der Waals surface area contributed by atoms with Crippen LogP contribution in [0.3, 0.4) is 0 Å². The van der Waals surface area contributed by atoms with Crippen molar-refractivity contribution in [3.05, 3.63) is 52.5 Å². The summed E-state index contributed by atoms with van der Waals surface area (Å²) in [6.07, 6.45) is 0. The third kappa shape index (κ3) is 4.17. The molecule has 26 heavy (non-hydrogen) atoms. The molecule has 0 aromatic heterocycles. The molecule has 0 fully saturated rings. The lowest BCUT2D eigenvalue weighted by atomic mass is 9.90. The van der Waals surface area contributed by atoms with Crippen molar-refractivity contribution in [3.63, 3.8) is 0 Å². The lowest BCUT2D eigenvalue weighted by Gasteiger charge is -2.24. The van der Waals surface area contributed by atoms with Gasteiger partial charge in [-0.15, -0.1) is 0 Å². The predicted molar refractivity (Wildman–Crippen MR) is 105 cm³/mol. The average molecular weight is 375 g/mol. The van der Waals surface area contributed by atoms with Crippen LogP contribution in [-0.2, 0) is 9.59 Å². The van der Waals surface area contributed by atoms with E-state index in [-0.39, 0.29) is 0 Å². The highest BCUT2D eigenvalue weighted by molar-refractivity contribution is 6.31. The Hall–Kier alpha value is -2.53. The van der Waals surface area contributed by atoms with Crippen molar-refractivity contribution in [1.29, 1.82) is 0 Å². The third-order valence-electron chi connectivity index (χ3n) is 4.26. The van der Waals surface area contributed by atoms with Gasteiger partial charge in [0.1, 0.15) is 11.2 Å². The summed E-state index contributed by atoms with van der Waals surface area (Å²) in [5, 5.41) is 6.12. The van der Waals surface area contributed by atoms with E-state index in [1.165, 1.54) is 7.11 Å². The minimum Gasteiger partial charge on any atom is -0.495 e. The van der Waals surface area contributed by atoms with Crippen LogP contribution in [0.25, 0.3) is 0 Å². The number of rotatable bonds is 5. The minimum absolute atomic E-state index is 0.394. The van der Waals surface area contributed by atoms with Crippen molar-refractivity contribution in [1.82, 2.24) is 0 Å². The van der Waals surface area contributed by atoms with Gasteiger partial charge in [0.15, 0.2) is 0 Å². The van der Waals surface area contributed by atoms with Gasteiger partial charge in [0.25, 0.3) is 0 Å². The van der Waals surface area contributed by atoms with Gasteiger partial charge in [-0.25, -0.2) is 0 Å². The van der Waals surface area contributed by atoms with E-state index in [0.717, 1.165) is 11.1 Å². The lowest BCUT2D eigenvalue weighted by molar-refractivity contribution is -0.135. The highest BCUT2D eigenvalue weighted by Gasteiger charge is 2.36. The summed E-state index contributed by atoms with van der Waals surface area (Å²) in [5.41, 5.74) is 1.58. The number of ether oxygens (including phenoxy) is 1. The van der Waals surface area contributed by atoms with E-state index in [2.05, 4.69) is 10.6 Å². The molecular weight excluding hydrogens is 352 g/mol. The molecule has 5 nitrogen and oxygen atoms in total. The molecule has 0 spiro atoms. The first-order valence-electron chi connectivity index (χ1n) is 8.19. The molecule has 2 aromatic rings. The van der Waals surface area contributed by atoms with Crippen molar-refractivity contribution in [2.24, 2.45) is 5.41 Å². The molecule has 2 N–H and O–H groups in total. The number of para-hydroxylation sites is 1. The van der Waals surface area contributed by atoms with E-state index in [9.17, 15) is 9.59 Å². The third-order valence-corrected chi connectivity index (χ3v) is 4.66. The Morgan fingerprint density at radius 3 is 2.12 bits per heavy atom. The fourth-order valence-electron chi connectivity index (χ4n) is 2.30. The second kappa shape index (κ2) is 7.79. The van der Waals surface area contributed by atoms with Crippen LogP contribution in [-0.4, -0.2) is 18.9 Å². The van der Waals surface area contributed by atoms with Gasteiger partial charge in [-0.1, -0.05) is 29.8 Å². The molecule has 0 radical (unpaired) electrons. The summed E-state index contributed by atoms with van der Waals surface area (Å²) in [5.74, 6) is -0.401. The lowest BCUT2D eigenvalue weighted by Crippen LogP contribution is -2.41. The normalized spacial score (nSPS) is 11.0. The number of carbonyl (C=O) groups is 2. The zero-order valence-electron chi connectivity index (χ0n) is 15.6. The summed E-state index contributed by atoms with van der Waals surface area (Å²) in [4.78, 5) is 25.4. The van der Waals surface area contributed by atoms with Crippen molar-refractivity contribution in [2.45, 2.75) is 27.7 Å². The van der Waals surface area contributed by atoms with E-state index >= 15 is 0 Å². The summed E-state index contributed by atoms with van der Waals surface area (Å²) >= 11 is 6.09. The molecule has 0 heterocycles. The quantitative estimate of drug-likeness (QED) is 0.753. The van der Waals surface area contributed by atoms with Crippen LogP contribution in [0.2, 0.25) is 5.02 Å². The monoisotopic (exact) mass is 374 g/mol. The molecule has 2 rings (SSSR count). The van der Waals surface area contributed by atoms with Gasteiger partial charge in [0, 0.05) is 16.8 Å². The number of anilines is 2. The Balaban J connectivity index is 2.21. The van der Waals surface area contributed by atoms with Crippen LogP contribution in [0, 0.1) is 19.3 Å². The second-order valence-electron chi connectivity index (χ2n) is 6.65. The molecule has 0 unspecified atom stereocenters. The number of carbonyl (C=O) groups excluding carboxylic acids is 2. The molecular formula is C20H23ClN2O3. The minimum atomic E-state index is -1.29. The van der Waals surface area contributed by atoms with Gasteiger partial charge in [-0.2, -0.15) is 0 Å². The molecule has 2 aromatic carbocycles. The largest absolute Gasteiger partial charge is 0.495 e. The molecule has 0 aliphatic carbocycles. The molecule has 0 saturated carbocycles. The van der Waals surface area contributed by atoms with Crippen molar-refractivity contribution >= 4 is 34.8 Å².